The molecule has 0 spiro atoms. The fourth-order valence-corrected chi connectivity index (χ4v) is 1.71. The fraction of sp³-hybridized carbons (Fsp3) is 0.176. The van der Waals surface area contributed by atoms with E-state index in [1.165, 1.54) is 5.56 Å². The Morgan fingerprint density at radius 2 is 1.61 bits per heavy atom. The highest BCUT2D eigenvalue weighted by molar-refractivity contribution is 5.44. The molecule has 0 saturated carbocycles. The molecule has 0 radical (unpaired) electrons. The Kier molecular flexibility index (Phi) is 4.17. The van der Waals surface area contributed by atoms with Gasteiger partial charge in [0.25, 0.3) is 0 Å². The van der Waals surface area contributed by atoms with Crippen molar-refractivity contribution in [2.45, 2.75) is 20.0 Å². The quantitative estimate of drug-likeness (QED) is 0.794. The molecule has 1 nitrogen and oxygen atoms in total. The summed E-state index contributed by atoms with van der Waals surface area (Å²) < 4.78 is 0. The number of aryl methyl sites for hydroxylation is 1. The van der Waals surface area contributed by atoms with Gasteiger partial charge in [-0.1, -0.05) is 43.0 Å². The summed E-state index contributed by atoms with van der Waals surface area (Å²) in [6.07, 6.45) is 1.03. The van der Waals surface area contributed by atoms with Gasteiger partial charge >= 0.3 is 0 Å². The van der Waals surface area contributed by atoms with Crippen molar-refractivity contribution in [2.24, 2.45) is 0 Å². The molecule has 0 bridgehead atoms. The van der Waals surface area contributed by atoms with E-state index in [1.54, 1.807) is 0 Å². The Balaban J connectivity index is 2.19. The summed E-state index contributed by atoms with van der Waals surface area (Å²) in [4.78, 5) is 0. The minimum atomic E-state index is 0.0756. The van der Waals surface area contributed by atoms with Gasteiger partial charge in [0, 0.05) is 11.1 Å². The summed E-state index contributed by atoms with van der Waals surface area (Å²) >= 11 is 0. The van der Waals surface area contributed by atoms with Crippen molar-refractivity contribution in [2.75, 3.05) is 0 Å². The van der Waals surface area contributed by atoms with Crippen LogP contribution in [0.2, 0.25) is 0 Å². The average molecular weight is 236 g/mol. The second-order valence-corrected chi connectivity index (χ2v) is 4.16. The summed E-state index contributed by atoms with van der Waals surface area (Å²) in [6, 6.07) is 16.0. The van der Waals surface area contributed by atoms with Crippen LogP contribution in [0.25, 0.3) is 0 Å². The van der Waals surface area contributed by atoms with Crippen molar-refractivity contribution in [3.05, 3.63) is 70.8 Å². The van der Waals surface area contributed by atoms with Crippen molar-refractivity contribution < 1.29 is 5.11 Å². The normalized spacial score (nSPS) is 9.67. The number of aliphatic hydroxyl groups excluding tert-OH is 1. The van der Waals surface area contributed by atoms with Crippen LogP contribution in [0.5, 0.6) is 0 Å². The zero-order valence-corrected chi connectivity index (χ0v) is 10.5. The third kappa shape index (κ3) is 3.23. The molecule has 0 fully saturated rings. The molecule has 0 aliphatic carbocycles. The zero-order chi connectivity index (χ0) is 12.8. The molecule has 1 heteroatoms. The molecular formula is C17H16O. The topological polar surface area (TPSA) is 20.2 Å². The van der Waals surface area contributed by atoms with E-state index in [2.05, 4.69) is 30.9 Å². The molecule has 0 aliphatic rings. The van der Waals surface area contributed by atoms with E-state index >= 15 is 0 Å². The molecule has 0 unspecified atom stereocenters. The second-order valence-electron chi connectivity index (χ2n) is 4.16. The maximum atomic E-state index is 8.96. The molecule has 0 amide bonds. The summed E-state index contributed by atoms with van der Waals surface area (Å²) in [7, 11) is 0. The van der Waals surface area contributed by atoms with Crippen LogP contribution in [-0.2, 0) is 13.0 Å². The van der Waals surface area contributed by atoms with Crippen molar-refractivity contribution in [3.8, 4) is 11.8 Å². The molecule has 0 heterocycles. The van der Waals surface area contributed by atoms with Gasteiger partial charge in [0.15, 0.2) is 0 Å². The SMILES string of the molecule is CCc1cccc(C#Cc2ccc(CO)cc2)c1. The first-order valence-corrected chi connectivity index (χ1v) is 6.12. The van der Waals surface area contributed by atoms with Gasteiger partial charge in [-0.3, -0.25) is 0 Å². The largest absolute Gasteiger partial charge is 0.392 e. The van der Waals surface area contributed by atoms with E-state index in [9.17, 15) is 0 Å². The highest BCUT2D eigenvalue weighted by Crippen LogP contribution is 2.06. The summed E-state index contributed by atoms with van der Waals surface area (Å²) in [5.74, 6) is 6.29. The first kappa shape index (κ1) is 12.4. The van der Waals surface area contributed by atoms with Crippen LogP contribution < -0.4 is 0 Å². The first-order valence-electron chi connectivity index (χ1n) is 6.12. The van der Waals surface area contributed by atoms with Gasteiger partial charge in [0.1, 0.15) is 0 Å². The number of rotatable bonds is 2. The molecule has 0 atom stereocenters. The molecule has 2 aromatic rings. The maximum absolute atomic E-state index is 8.96. The first-order chi connectivity index (χ1) is 8.81. The Bertz CT molecular complexity index is 571. The average Bonchev–Trinajstić information content (AvgIpc) is 2.46. The standard InChI is InChI=1S/C17H16O/c1-2-14-4-3-5-16(12-14)9-6-15-7-10-17(13-18)11-8-15/h3-5,7-8,10-12,18H,2,13H2,1H3. The zero-order valence-electron chi connectivity index (χ0n) is 10.5. The van der Waals surface area contributed by atoms with E-state index in [0.29, 0.717) is 0 Å². The van der Waals surface area contributed by atoms with E-state index in [0.717, 1.165) is 23.1 Å². The highest BCUT2D eigenvalue weighted by atomic mass is 16.3. The number of benzene rings is 2. The van der Waals surface area contributed by atoms with Crippen molar-refractivity contribution in [1.82, 2.24) is 0 Å². The lowest BCUT2D eigenvalue weighted by molar-refractivity contribution is 0.282. The van der Waals surface area contributed by atoms with Crippen molar-refractivity contribution in [1.29, 1.82) is 0 Å². The molecule has 0 saturated heterocycles. The van der Waals surface area contributed by atoms with E-state index in [-0.39, 0.29) is 6.61 Å². The Hall–Kier alpha value is -2.04. The number of aliphatic hydroxyl groups is 1. The molecule has 90 valence electrons. The van der Waals surface area contributed by atoms with E-state index in [4.69, 9.17) is 5.11 Å². The van der Waals surface area contributed by atoms with Gasteiger partial charge < -0.3 is 5.11 Å². The third-order valence-electron chi connectivity index (χ3n) is 2.82. The molecule has 2 rings (SSSR count). The van der Waals surface area contributed by atoms with E-state index in [1.807, 2.05) is 36.4 Å². The van der Waals surface area contributed by atoms with Gasteiger partial charge in [0.2, 0.25) is 0 Å². The van der Waals surface area contributed by atoms with Crippen LogP contribution in [0.1, 0.15) is 29.2 Å². The third-order valence-corrected chi connectivity index (χ3v) is 2.82. The van der Waals surface area contributed by atoms with Crippen LogP contribution in [0, 0.1) is 11.8 Å². The van der Waals surface area contributed by atoms with Crippen LogP contribution >= 0.6 is 0 Å². The van der Waals surface area contributed by atoms with E-state index < -0.39 is 0 Å². The predicted octanol–water partition coefficient (Wildman–Crippen LogP) is 3.14. The molecule has 1 N–H and O–H groups in total. The monoisotopic (exact) mass is 236 g/mol. The lowest BCUT2D eigenvalue weighted by Crippen LogP contribution is -1.83. The van der Waals surface area contributed by atoms with Gasteiger partial charge in [-0.25, -0.2) is 0 Å². The summed E-state index contributed by atoms with van der Waals surface area (Å²) in [5, 5.41) is 8.96. The molecule has 0 aromatic heterocycles. The van der Waals surface area contributed by atoms with Gasteiger partial charge in [-0.15, -0.1) is 0 Å². The maximum Gasteiger partial charge on any atom is 0.0681 e. The van der Waals surface area contributed by atoms with Gasteiger partial charge in [-0.2, -0.15) is 0 Å². The van der Waals surface area contributed by atoms with Crippen molar-refractivity contribution >= 4 is 0 Å². The van der Waals surface area contributed by atoms with Gasteiger partial charge in [0.05, 0.1) is 6.61 Å². The van der Waals surface area contributed by atoms with Crippen LogP contribution in [0.3, 0.4) is 0 Å². The summed E-state index contributed by atoms with van der Waals surface area (Å²) in [6.45, 7) is 2.21. The lowest BCUT2D eigenvalue weighted by Gasteiger charge is -1.97. The van der Waals surface area contributed by atoms with Crippen LogP contribution in [0.4, 0.5) is 0 Å². The van der Waals surface area contributed by atoms with Crippen molar-refractivity contribution in [3.63, 3.8) is 0 Å². The smallest absolute Gasteiger partial charge is 0.0681 e. The van der Waals surface area contributed by atoms with Crippen LogP contribution in [-0.4, -0.2) is 5.11 Å². The molecule has 18 heavy (non-hydrogen) atoms. The number of hydrogen-bond donors (Lipinski definition) is 1. The second kappa shape index (κ2) is 6.05. The molecular weight excluding hydrogens is 220 g/mol. The van der Waals surface area contributed by atoms with Gasteiger partial charge in [-0.05, 0) is 41.8 Å². The minimum absolute atomic E-state index is 0.0756. The predicted molar refractivity (Wildman–Crippen MR) is 74.2 cm³/mol. The number of hydrogen-bond acceptors (Lipinski definition) is 1. The summed E-state index contributed by atoms with van der Waals surface area (Å²) in [5.41, 5.74) is 4.22. The fourth-order valence-electron chi connectivity index (χ4n) is 1.71. The lowest BCUT2D eigenvalue weighted by atomic mass is 10.1. The molecule has 2 aromatic carbocycles. The Morgan fingerprint density at radius 1 is 0.889 bits per heavy atom. The highest BCUT2D eigenvalue weighted by Gasteiger charge is 1.92. The molecule has 0 aliphatic heterocycles. The Morgan fingerprint density at radius 3 is 2.28 bits per heavy atom. The van der Waals surface area contributed by atoms with Crippen LogP contribution in [0.15, 0.2) is 48.5 Å². The minimum Gasteiger partial charge on any atom is -0.392 e. The Labute approximate surface area is 108 Å².